The number of nitrogens with zero attached hydrogens (tertiary/aromatic N) is 2. The molecule has 1 N–H and O–H groups in total. The molecule has 0 radical (unpaired) electrons. The summed E-state index contributed by atoms with van der Waals surface area (Å²) in [5, 5.41) is 3.19. The number of benzene rings is 2. The molecule has 0 saturated carbocycles. The number of rotatable bonds is 7. The third-order valence-corrected chi connectivity index (χ3v) is 5.88. The lowest BCUT2D eigenvalue weighted by Crippen LogP contribution is -2.58. The number of anilines is 1. The molecule has 138 valence electrons. The van der Waals surface area contributed by atoms with E-state index in [2.05, 4.69) is 14.5 Å². The van der Waals surface area contributed by atoms with Crippen molar-refractivity contribution in [3.63, 3.8) is 0 Å². The average Bonchev–Trinajstić information content (AvgIpc) is 2.69. The first-order valence-electron chi connectivity index (χ1n) is 8.79. The normalized spacial score (nSPS) is 17.0. The average molecular weight is 373 g/mol. The third-order valence-electron chi connectivity index (χ3n) is 4.78. The quantitative estimate of drug-likeness (QED) is 0.456. The van der Waals surface area contributed by atoms with Crippen LogP contribution in [0.1, 0.15) is 12.8 Å². The fourth-order valence-corrected chi connectivity index (χ4v) is 4.25. The second kappa shape index (κ2) is 8.66. The van der Waals surface area contributed by atoms with Gasteiger partial charge in [0.1, 0.15) is 12.1 Å². The molecule has 1 aliphatic heterocycles. The molecule has 1 heterocycles. The predicted octanol–water partition coefficient (Wildman–Crippen LogP) is 3.55. The van der Waals surface area contributed by atoms with Crippen LogP contribution >= 0.6 is 11.9 Å². The van der Waals surface area contributed by atoms with Gasteiger partial charge >= 0.3 is 0 Å². The second-order valence-corrected chi connectivity index (χ2v) is 7.64. The van der Waals surface area contributed by atoms with Gasteiger partial charge in [0.15, 0.2) is 0 Å². The molecule has 3 rings (SSSR count). The Morgan fingerprint density at radius 1 is 1.15 bits per heavy atom. The van der Waals surface area contributed by atoms with Crippen molar-refractivity contribution in [3.05, 3.63) is 60.4 Å². The molecule has 6 heteroatoms. The molecular weight excluding hydrogens is 349 g/mol. The van der Waals surface area contributed by atoms with E-state index in [1.807, 2.05) is 37.4 Å². The first-order valence-corrected chi connectivity index (χ1v) is 9.56. The maximum atomic E-state index is 13.1. The number of halogens is 1. The molecule has 1 saturated heterocycles. The predicted molar refractivity (Wildman–Crippen MR) is 105 cm³/mol. The molecule has 0 bridgehead atoms. The minimum Gasteiger partial charge on any atom is -0.346 e. The Hall–Kier alpha value is -1.89. The third kappa shape index (κ3) is 4.26. The fourth-order valence-electron chi connectivity index (χ4n) is 3.33. The largest absolute Gasteiger partial charge is 0.346 e. The van der Waals surface area contributed by atoms with Gasteiger partial charge in [0.25, 0.3) is 0 Å². The number of piperidine rings is 1. The van der Waals surface area contributed by atoms with Crippen LogP contribution in [-0.2, 0) is 4.79 Å². The lowest BCUT2D eigenvalue weighted by Gasteiger charge is -2.46. The van der Waals surface area contributed by atoms with Crippen molar-refractivity contribution in [3.8, 4) is 0 Å². The maximum absolute atomic E-state index is 13.1. The highest BCUT2D eigenvalue weighted by Gasteiger charge is 2.40. The van der Waals surface area contributed by atoms with Crippen LogP contribution in [0.4, 0.5) is 10.1 Å². The second-order valence-electron chi connectivity index (χ2n) is 6.47. The summed E-state index contributed by atoms with van der Waals surface area (Å²) in [6.45, 7) is 2.22. The van der Waals surface area contributed by atoms with E-state index in [-0.39, 0.29) is 5.82 Å². The molecule has 0 aliphatic carbocycles. The summed E-state index contributed by atoms with van der Waals surface area (Å²) in [4.78, 5) is 15.3. The van der Waals surface area contributed by atoms with Gasteiger partial charge in [-0.25, -0.2) is 8.70 Å². The Kier molecular flexibility index (Phi) is 6.29. The summed E-state index contributed by atoms with van der Waals surface area (Å²) in [6.07, 6.45) is 2.61. The number of para-hydroxylation sites is 1. The zero-order valence-corrected chi connectivity index (χ0v) is 15.7. The molecule has 0 unspecified atom stereocenters. The van der Waals surface area contributed by atoms with Crippen molar-refractivity contribution < 1.29 is 9.18 Å². The molecule has 1 fully saturated rings. The molecule has 26 heavy (non-hydrogen) atoms. The zero-order chi connectivity index (χ0) is 18.4. The summed E-state index contributed by atoms with van der Waals surface area (Å²) >= 11 is 1.62. The van der Waals surface area contributed by atoms with Crippen molar-refractivity contribution >= 4 is 23.9 Å². The number of hydrogen-bond acceptors (Lipinski definition) is 5. The first-order chi connectivity index (χ1) is 12.7. The van der Waals surface area contributed by atoms with E-state index in [1.54, 1.807) is 24.1 Å². The van der Waals surface area contributed by atoms with Crippen molar-refractivity contribution in [2.24, 2.45) is 0 Å². The molecule has 4 nitrogen and oxygen atoms in total. The zero-order valence-electron chi connectivity index (χ0n) is 14.9. The van der Waals surface area contributed by atoms with Crippen LogP contribution in [0.15, 0.2) is 59.5 Å². The van der Waals surface area contributed by atoms with Crippen molar-refractivity contribution in [2.45, 2.75) is 23.3 Å². The van der Waals surface area contributed by atoms with Crippen LogP contribution in [0.2, 0.25) is 0 Å². The SMILES string of the molecule is CNCN(c1ccccc1)C1(C=O)CCN(Sc2ccc(F)cc2)CC1. The Balaban J connectivity index is 1.71. The lowest BCUT2D eigenvalue weighted by molar-refractivity contribution is -0.113. The summed E-state index contributed by atoms with van der Waals surface area (Å²) in [7, 11) is 1.90. The number of nitrogens with one attached hydrogen (secondary N) is 1. The minimum atomic E-state index is -0.510. The van der Waals surface area contributed by atoms with Crippen molar-refractivity contribution in [2.75, 3.05) is 31.7 Å². The molecule has 0 aromatic heterocycles. The summed E-state index contributed by atoms with van der Waals surface area (Å²) < 4.78 is 15.3. The molecule has 2 aromatic rings. The first kappa shape index (κ1) is 18.9. The highest BCUT2D eigenvalue weighted by Crippen LogP contribution is 2.35. The molecule has 0 amide bonds. The van der Waals surface area contributed by atoms with E-state index in [1.165, 1.54) is 12.1 Å². The van der Waals surface area contributed by atoms with Gasteiger partial charge in [0.05, 0.1) is 12.2 Å². The minimum absolute atomic E-state index is 0.224. The Bertz CT molecular complexity index is 703. The van der Waals surface area contributed by atoms with Gasteiger partial charge in [-0.2, -0.15) is 0 Å². The van der Waals surface area contributed by atoms with Gasteiger partial charge in [-0.05, 0) is 68.2 Å². The van der Waals surface area contributed by atoms with Gasteiger partial charge in [0.2, 0.25) is 0 Å². The molecule has 2 aromatic carbocycles. The van der Waals surface area contributed by atoms with Crippen LogP contribution in [0.5, 0.6) is 0 Å². The monoisotopic (exact) mass is 373 g/mol. The van der Waals surface area contributed by atoms with Crippen LogP contribution in [0, 0.1) is 5.82 Å². The summed E-state index contributed by atoms with van der Waals surface area (Å²) in [6, 6.07) is 16.6. The van der Waals surface area contributed by atoms with Gasteiger partial charge in [0, 0.05) is 23.7 Å². The van der Waals surface area contributed by atoms with E-state index in [0.29, 0.717) is 6.67 Å². The Morgan fingerprint density at radius 2 is 1.81 bits per heavy atom. The molecule has 1 aliphatic rings. The number of carbonyl (C=O) groups excluding carboxylic acids is 1. The van der Waals surface area contributed by atoms with Gasteiger partial charge in [-0.1, -0.05) is 18.2 Å². The van der Waals surface area contributed by atoms with Crippen LogP contribution in [-0.4, -0.2) is 42.9 Å². The van der Waals surface area contributed by atoms with E-state index in [9.17, 15) is 9.18 Å². The molecular formula is C20H24FN3OS. The molecule has 0 spiro atoms. The van der Waals surface area contributed by atoms with Gasteiger partial charge < -0.3 is 15.0 Å². The summed E-state index contributed by atoms with van der Waals surface area (Å²) in [5.74, 6) is -0.224. The van der Waals surface area contributed by atoms with Gasteiger partial charge in [-0.3, -0.25) is 0 Å². The van der Waals surface area contributed by atoms with Gasteiger partial charge in [-0.15, -0.1) is 0 Å². The number of hydrogen-bond donors (Lipinski definition) is 1. The number of carbonyl (C=O) groups is 1. The Labute approximate surface area is 158 Å². The maximum Gasteiger partial charge on any atom is 0.145 e. The highest BCUT2D eigenvalue weighted by atomic mass is 32.2. The highest BCUT2D eigenvalue weighted by molar-refractivity contribution is 7.97. The number of aldehydes is 1. The van der Waals surface area contributed by atoms with E-state index in [4.69, 9.17) is 0 Å². The topological polar surface area (TPSA) is 35.6 Å². The summed E-state index contributed by atoms with van der Waals surface area (Å²) in [5.41, 5.74) is 0.540. The van der Waals surface area contributed by atoms with E-state index in [0.717, 1.165) is 42.8 Å². The van der Waals surface area contributed by atoms with E-state index < -0.39 is 5.54 Å². The van der Waals surface area contributed by atoms with E-state index >= 15 is 0 Å². The fraction of sp³-hybridized carbons (Fsp3) is 0.350. The smallest absolute Gasteiger partial charge is 0.145 e. The Morgan fingerprint density at radius 3 is 2.38 bits per heavy atom. The standard InChI is InChI=1S/C20H24FN3OS/c1-22-16-24(18-5-3-2-4-6-18)20(15-25)11-13-23(14-12-20)26-19-9-7-17(21)8-10-19/h2-10,15,22H,11-14,16H2,1H3. The van der Waals surface area contributed by atoms with Crippen molar-refractivity contribution in [1.82, 2.24) is 9.62 Å². The molecule has 0 atom stereocenters. The lowest BCUT2D eigenvalue weighted by atomic mass is 9.87. The van der Waals surface area contributed by atoms with Crippen LogP contribution in [0.25, 0.3) is 0 Å². The van der Waals surface area contributed by atoms with Crippen LogP contribution in [0.3, 0.4) is 0 Å². The van der Waals surface area contributed by atoms with Crippen molar-refractivity contribution in [1.29, 1.82) is 0 Å². The van der Waals surface area contributed by atoms with Crippen LogP contribution < -0.4 is 10.2 Å².